The highest BCUT2D eigenvalue weighted by Crippen LogP contribution is 2.24. The molecular formula is C76H143NO8. The SMILES string of the molecule is CCCCCCCCCC/C=C\CCCCCCCCCCCCCCCCCCCCCCCCCCCCCCCC(=O)NC(COC1OC(CO)C(O)C(O)C1O)C(O)/C=C/CC/C=C/CC/C=C/CCCCCCCCCCCCC. The van der Waals surface area contributed by atoms with Gasteiger partial charge in [-0.05, 0) is 70.6 Å². The fourth-order valence-corrected chi connectivity index (χ4v) is 12.0. The van der Waals surface area contributed by atoms with Gasteiger partial charge in [-0.15, -0.1) is 0 Å². The third kappa shape index (κ3) is 53.7. The predicted octanol–water partition coefficient (Wildman–Crippen LogP) is 20.8. The number of aliphatic hydroxyl groups is 5. The Balaban J connectivity index is 2.05. The first-order chi connectivity index (χ1) is 41.8. The molecule has 1 saturated heterocycles. The van der Waals surface area contributed by atoms with E-state index in [1.54, 1.807) is 6.08 Å². The quantitative estimate of drug-likeness (QED) is 0.0261. The van der Waals surface area contributed by atoms with E-state index < -0.39 is 49.5 Å². The topological polar surface area (TPSA) is 149 Å². The van der Waals surface area contributed by atoms with Crippen molar-refractivity contribution in [3.05, 3.63) is 48.6 Å². The Morgan fingerprint density at radius 3 is 0.988 bits per heavy atom. The summed E-state index contributed by atoms with van der Waals surface area (Å²) in [5, 5.41) is 54.7. The van der Waals surface area contributed by atoms with E-state index in [2.05, 4.69) is 55.6 Å². The maximum absolute atomic E-state index is 13.1. The van der Waals surface area contributed by atoms with Crippen molar-refractivity contribution in [2.75, 3.05) is 13.2 Å². The molecule has 85 heavy (non-hydrogen) atoms. The zero-order valence-corrected chi connectivity index (χ0v) is 56.1. The van der Waals surface area contributed by atoms with Crippen LogP contribution >= 0.6 is 0 Å². The molecule has 0 aromatic heterocycles. The maximum Gasteiger partial charge on any atom is 0.220 e. The number of allylic oxidation sites excluding steroid dienone is 7. The van der Waals surface area contributed by atoms with Gasteiger partial charge in [-0.3, -0.25) is 4.79 Å². The molecule has 0 saturated carbocycles. The molecule has 1 rings (SSSR count). The van der Waals surface area contributed by atoms with Crippen molar-refractivity contribution in [3.63, 3.8) is 0 Å². The van der Waals surface area contributed by atoms with Gasteiger partial charge in [-0.25, -0.2) is 0 Å². The van der Waals surface area contributed by atoms with E-state index in [4.69, 9.17) is 9.47 Å². The zero-order valence-electron chi connectivity index (χ0n) is 56.1. The summed E-state index contributed by atoms with van der Waals surface area (Å²) in [5.41, 5.74) is 0. The minimum absolute atomic E-state index is 0.184. The molecule has 7 unspecified atom stereocenters. The van der Waals surface area contributed by atoms with Gasteiger partial charge in [0.2, 0.25) is 5.91 Å². The lowest BCUT2D eigenvalue weighted by molar-refractivity contribution is -0.302. The lowest BCUT2D eigenvalue weighted by atomic mass is 9.99. The standard InChI is InChI=1S/C76H143NO8/c1-3-5-7-9-11-13-15-17-19-21-23-25-26-27-28-29-30-31-32-33-34-35-36-37-38-39-40-41-42-43-44-46-48-50-52-54-56-58-60-62-64-66-72(80)77-69(68-84-76-75(83)74(82)73(81)71(67-78)85-76)70(79)65-63-61-59-57-55-53-51-49-47-45-24-22-20-18-16-14-12-10-8-6-4-2/h21,23,47,49,55,57,63,65,69-71,73-76,78-79,81-83H,3-20,22,24-46,48,50-54,56,58-62,64,66-68H2,1-2H3,(H,77,80)/b23-21-,49-47+,57-55+,65-63+. The van der Waals surface area contributed by atoms with Crippen molar-refractivity contribution >= 4 is 5.91 Å². The fraction of sp³-hybridized carbons (Fsp3) is 0.882. The van der Waals surface area contributed by atoms with Gasteiger partial charge in [0.15, 0.2) is 6.29 Å². The van der Waals surface area contributed by atoms with Crippen LogP contribution in [0.4, 0.5) is 0 Å². The van der Waals surface area contributed by atoms with Crippen LogP contribution in [0, 0.1) is 0 Å². The van der Waals surface area contributed by atoms with Crippen molar-refractivity contribution in [2.24, 2.45) is 0 Å². The second-order valence-electron chi connectivity index (χ2n) is 26.1. The van der Waals surface area contributed by atoms with Gasteiger partial charge in [-0.2, -0.15) is 0 Å². The number of ether oxygens (including phenoxy) is 2. The normalized spacial score (nSPS) is 18.3. The van der Waals surface area contributed by atoms with Crippen LogP contribution in [0.5, 0.6) is 0 Å². The van der Waals surface area contributed by atoms with Gasteiger partial charge in [-0.1, -0.05) is 345 Å². The summed E-state index contributed by atoms with van der Waals surface area (Å²) in [6.45, 7) is 3.80. The Morgan fingerprint density at radius 2 is 0.671 bits per heavy atom. The number of carbonyl (C=O) groups excluding carboxylic acids is 1. The number of hydrogen-bond donors (Lipinski definition) is 6. The summed E-state index contributed by atoms with van der Waals surface area (Å²) in [6.07, 6.45) is 82.6. The van der Waals surface area contributed by atoms with Crippen molar-refractivity contribution in [3.8, 4) is 0 Å². The van der Waals surface area contributed by atoms with E-state index in [9.17, 15) is 30.3 Å². The molecule has 6 N–H and O–H groups in total. The molecule has 7 atom stereocenters. The Labute approximate surface area is 526 Å². The highest BCUT2D eigenvalue weighted by molar-refractivity contribution is 5.76. The first-order valence-corrected chi connectivity index (χ1v) is 37.4. The maximum atomic E-state index is 13.1. The number of amides is 1. The molecule has 1 fully saturated rings. The molecule has 500 valence electrons. The van der Waals surface area contributed by atoms with Crippen LogP contribution in [0.2, 0.25) is 0 Å². The van der Waals surface area contributed by atoms with E-state index in [-0.39, 0.29) is 12.5 Å². The van der Waals surface area contributed by atoms with Gasteiger partial charge < -0.3 is 40.3 Å². The van der Waals surface area contributed by atoms with Crippen LogP contribution in [0.25, 0.3) is 0 Å². The van der Waals surface area contributed by atoms with E-state index in [1.165, 1.54) is 308 Å². The lowest BCUT2D eigenvalue weighted by Gasteiger charge is -2.40. The van der Waals surface area contributed by atoms with E-state index in [1.807, 2.05) is 6.08 Å². The number of hydrogen-bond acceptors (Lipinski definition) is 8. The van der Waals surface area contributed by atoms with Gasteiger partial charge in [0, 0.05) is 6.42 Å². The molecule has 0 radical (unpaired) electrons. The number of unbranched alkanes of at least 4 members (excludes halogenated alkanes) is 50. The minimum Gasteiger partial charge on any atom is -0.394 e. The lowest BCUT2D eigenvalue weighted by Crippen LogP contribution is -2.60. The monoisotopic (exact) mass is 1200 g/mol. The van der Waals surface area contributed by atoms with E-state index in [0.717, 1.165) is 44.9 Å². The Kier molecular flexibility index (Phi) is 62.2. The molecule has 1 aliphatic rings. The van der Waals surface area contributed by atoms with E-state index >= 15 is 0 Å². The third-order valence-corrected chi connectivity index (χ3v) is 17.9. The smallest absolute Gasteiger partial charge is 0.220 e. The van der Waals surface area contributed by atoms with Crippen molar-refractivity contribution in [1.29, 1.82) is 0 Å². The summed E-state index contributed by atoms with van der Waals surface area (Å²) in [4.78, 5) is 13.1. The van der Waals surface area contributed by atoms with Gasteiger partial charge in [0.1, 0.15) is 24.4 Å². The number of nitrogens with one attached hydrogen (secondary N) is 1. The van der Waals surface area contributed by atoms with Crippen LogP contribution in [0.15, 0.2) is 48.6 Å². The molecule has 0 aromatic carbocycles. The fourth-order valence-electron chi connectivity index (χ4n) is 12.0. The van der Waals surface area contributed by atoms with Gasteiger partial charge in [0.25, 0.3) is 0 Å². The summed E-state index contributed by atoms with van der Waals surface area (Å²) in [6, 6.07) is -0.828. The number of aliphatic hydroxyl groups excluding tert-OH is 5. The molecule has 0 bridgehead atoms. The van der Waals surface area contributed by atoms with E-state index in [0.29, 0.717) is 6.42 Å². The largest absolute Gasteiger partial charge is 0.394 e. The number of carbonyl (C=O) groups is 1. The van der Waals surface area contributed by atoms with Gasteiger partial charge >= 0.3 is 0 Å². The van der Waals surface area contributed by atoms with Crippen LogP contribution in [0.1, 0.15) is 373 Å². The minimum atomic E-state index is -1.58. The van der Waals surface area contributed by atoms with Crippen molar-refractivity contribution in [1.82, 2.24) is 5.32 Å². The molecule has 0 aromatic rings. The third-order valence-electron chi connectivity index (χ3n) is 17.9. The molecule has 1 heterocycles. The molecule has 0 aliphatic carbocycles. The molecular weight excluding hydrogens is 1050 g/mol. The molecule has 0 spiro atoms. The molecule has 9 heteroatoms. The second kappa shape index (κ2) is 65.1. The van der Waals surface area contributed by atoms with Crippen LogP contribution in [0.3, 0.4) is 0 Å². The zero-order chi connectivity index (χ0) is 61.4. The van der Waals surface area contributed by atoms with Crippen LogP contribution in [-0.4, -0.2) is 87.5 Å². The first-order valence-electron chi connectivity index (χ1n) is 37.4. The highest BCUT2D eigenvalue weighted by Gasteiger charge is 2.44. The van der Waals surface area contributed by atoms with Crippen molar-refractivity contribution < 1.29 is 39.8 Å². The summed E-state index contributed by atoms with van der Waals surface area (Å²) >= 11 is 0. The molecule has 1 amide bonds. The van der Waals surface area contributed by atoms with Crippen LogP contribution in [-0.2, 0) is 14.3 Å². The average Bonchev–Trinajstić information content (AvgIpc) is 3.68. The first kappa shape index (κ1) is 81.2. The van der Waals surface area contributed by atoms with Gasteiger partial charge in [0.05, 0.1) is 25.4 Å². The molecule has 9 nitrogen and oxygen atoms in total. The Hall–Kier alpha value is -1.85. The highest BCUT2D eigenvalue weighted by atomic mass is 16.7. The Bertz CT molecular complexity index is 1480. The summed E-state index contributed by atoms with van der Waals surface area (Å²) in [5.74, 6) is -0.184. The number of rotatable bonds is 66. The van der Waals surface area contributed by atoms with Crippen molar-refractivity contribution in [2.45, 2.75) is 416 Å². The predicted molar refractivity (Wildman–Crippen MR) is 364 cm³/mol. The Morgan fingerprint density at radius 1 is 0.388 bits per heavy atom. The molecule has 1 aliphatic heterocycles. The average molecular weight is 1200 g/mol. The van der Waals surface area contributed by atoms with Crippen LogP contribution < -0.4 is 5.32 Å². The summed E-state index contributed by atoms with van der Waals surface area (Å²) < 4.78 is 11.3. The summed E-state index contributed by atoms with van der Waals surface area (Å²) in [7, 11) is 0. The second-order valence-corrected chi connectivity index (χ2v) is 26.1.